The third-order valence-electron chi connectivity index (χ3n) is 1.43. The quantitative estimate of drug-likeness (QED) is 0.689. The third kappa shape index (κ3) is 4.09. The van der Waals surface area contributed by atoms with Gasteiger partial charge in [-0.2, -0.15) is 13.2 Å². The molecule has 2 unspecified atom stereocenters. The van der Waals surface area contributed by atoms with Crippen LogP contribution in [0.2, 0.25) is 0 Å². The average Bonchev–Trinajstić information content (AvgIpc) is 1.96. The molecular formula is C6H10F3NO3. The molecule has 0 rings (SSSR count). The van der Waals surface area contributed by atoms with E-state index in [1.165, 1.54) is 0 Å². The first-order valence-electron chi connectivity index (χ1n) is 3.37. The first-order chi connectivity index (χ1) is 5.79. The summed E-state index contributed by atoms with van der Waals surface area (Å²) in [4.78, 5) is 10.1. The minimum absolute atomic E-state index is 0.782. The highest BCUT2D eigenvalue weighted by molar-refractivity contribution is 5.73. The van der Waals surface area contributed by atoms with Gasteiger partial charge < -0.3 is 15.6 Å². The summed E-state index contributed by atoms with van der Waals surface area (Å²) in [6.45, 7) is 0. The van der Waals surface area contributed by atoms with Gasteiger partial charge in [0.25, 0.3) is 0 Å². The smallest absolute Gasteiger partial charge is 0.414 e. The molecule has 0 aliphatic heterocycles. The predicted octanol–water partition coefficient (Wildman–Crippen LogP) is 0.366. The SMILES string of the molecule is COC(CC(N)C(=O)O)C(F)(F)F. The molecule has 0 aromatic rings. The van der Waals surface area contributed by atoms with Gasteiger partial charge in [0.15, 0.2) is 6.10 Å². The summed E-state index contributed by atoms with van der Waals surface area (Å²) < 4.78 is 40.0. The van der Waals surface area contributed by atoms with E-state index in [4.69, 9.17) is 10.8 Å². The lowest BCUT2D eigenvalue weighted by molar-refractivity contribution is -0.215. The zero-order chi connectivity index (χ0) is 10.6. The third-order valence-corrected chi connectivity index (χ3v) is 1.43. The van der Waals surface area contributed by atoms with E-state index in [1.807, 2.05) is 0 Å². The summed E-state index contributed by atoms with van der Waals surface area (Å²) in [5.41, 5.74) is 4.91. The van der Waals surface area contributed by atoms with E-state index in [0.717, 1.165) is 7.11 Å². The summed E-state index contributed by atoms with van der Waals surface area (Å²) in [6, 6.07) is -1.56. The number of hydrogen-bond acceptors (Lipinski definition) is 3. The van der Waals surface area contributed by atoms with Crippen LogP contribution in [0, 0.1) is 0 Å². The molecule has 0 saturated heterocycles. The Balaban J connectivity index is 4.22. The van der Waals surface area contributed by atoms with E-state index in [-0.39, 0.29) is 0 Å². The molecule has 0 aliphatic carbocycles. The molecule has 13 heavy (non-hydrogen) atoms. The molecule has 3 N–H and O–H groups in total. The van der Waals surface area contributed by atoms with Crippen molar-refractivity contribution < 1.29 is 27.8 Å². The van der Waals surface area contributed by atoms with Gasteiger partial charge in [0, 0.05) is 13.5 Å². The Morgan fingerprint density at radius 2 is 2.08 bits per heavy atom. The van der Waals surface area contributed by atoms with E-state index in [9.17, 15) is 18.0 Å². The van der Waals surface area contributed by atoms with Crippen molar-refractivity contribution in [1.29, 1.82) is 0 Å². The van der Waals surface area contributed by atoms with Crippen LogP contribution in [0.5, 0.6) is 0 Å². The maximum atomic E-state index is 12.0. The molecule has 7 heteroatoms. The Bertz CT molecular complexity index is 182. The molecule has 78 valence electrons. The van der Waals surface area contributed by atoms with Crippen LogP contribution in [-0.4, -0.2) is 36.5 Å². The molecule has 0 spiro atoms. The summed E-state index contributed by atoms with van der Waals surface area (Å²) in [5.74, 6) is -1.48. The summed E-state index contributed by atoms with van der Waals surface area (Å²) in [5, 5.41) is 8.24. The number of halogens is 3. The molecule has 0 saturated carbocycles. The summed E-state index contributed by atoms with van der Waals surface area (Å²) in [7, 11) is 0.854. The molecule has 0 fully saturated rings. The molecular weight excluding hydrogens is 191 g/mol. The van der Waals surface area contributed by atoms with Gasteiger partial charge in [0.2, 0.25) is 0 Å². The molecule has 4 nitrogen and oxygen atoms in total. The molecule has 0 aromatic carbocycles. The number of alkyl halides is 3. The van der Waals surface area contributed by atoms with Crippen LogP contribution in [0.1, 0.15) is 6.42 Å². The van der Waals surface area contributed by atoms with Crippen LogP contribution in [0.15, 0.2) is 0 Å². The van der Waals surface area contributed by atoms with Crippen molar-refractivity contribution in [1.82, 2.24) is 0 Å². The molecule has 0 amide bonds. The van der Waals surface area contributed by atoms with E-state index >= 15 is 0 Å². The first-order valence-corrected chi connectivity index (χ1v) is 3.37. The van der Waals surface area contributed by atoms with Gasteiger partial charge in [-0.3, -0.25) is 4.79 Å². The van der Waals surface area contributed by atoms with Crippen molar-refractivity contribution >= 4 is 5.97 Å². The van der Waals surface area contributed by atoms with Crippen molar-refractivity contribution in [2.75, 3.05) is 7.11 Å². The Kier molecular flexibility index (Phi) is 4.15. The second kappa shape index (κ2) is 4.43. The second-order valence-corrected chi connectivity index (χ2v) is 2.45. The largest absolute Gasteiger partial charge is 0.480 e. The number of nitrogens with two attached hydrogens (primary N) is 1. The Morgan fingerprint density at radius 1 is 1.62 bits per heavy atom. The van der Waals surface area contributed by atoms with E-state index < -0.39 is 30.7 Å². The Labute approximate surface area is 72.5 Å². The predicted molar refractivity (Wildman–Crippen MR) is 37.1 cm³/mol. The fraction of sp³-hybridized carbons (Fsp3) is 0.833. The lowest BCUT2D eigenvalue weighted by atomic mass is 10.1. The molecule has 0 aromatic heterocycles. The van der Waals surface area contributed by atoms with Gasteiger partial charge in [-0.05, 0) is 0 Å². The fourth-order valence-electron chi connectivity index (χ4n) is 0.695. The maximum Gasteiger partial charge on any atom is 0.414 e. The van der Waals surface area contributed by atoms with Crippen LogP contribution < -0.4 is 5.73 Å². The van der Waals surface area contributed by atoms with E-state index in [2.05, 4.69) is 4.74 Å². The number of hydrogen-bond donors (Lipinski definition) is 2. The highest BCUT2D eigenvalue weighted by Gasteiger charge is 2.41. The van der Waals surface area contributed by atoms with Crippen LogP contribution in [0.3, 0.4) is 0 Å². The van der Waals surface area contributed by atoms with Gasteiger partial charge in [0.1, 0.15) is 6.04 Å². The molecule has 0 bridgehead atoms. The maximum absolute atomic E-state index is 12.0. The zero-order valence-electron chi connectivity index (χ0n) is 6.84. The normalized spacial score (nSPS) is 16.7. The van der Waals surface area contributed by atoms with Gasteiger partial charge in [-0.15, -0.1) is 0 Å². The minimum atomic E-state index is -4.58. The van der Waals surface area contributed by atoms with Crippen molar-refractivity contribution in [2.24, 2.45) is 5.73 Å². The number of methoxy groups -OCH3 is 1. The standard InChI is InChI=1S/C6H10F3NO3/c1-13-4(6(7,8)9)2-3(10)5(11)12/h3-4H,2,10H2,1H3,(H,11,12). The number of ether oxygens (including phenoxy) is 1. The Morgan fingerprint density at radius 3 is 2.31 bits per heavy atom. The highest BCUT2D eigenvalue weighted by atomic mass is 19.4. The van der Waals surface area contributed by atoms with Crippen LogP contribution in [0.4, 0.5) is 13.2 Å². The second-order valence-electron chi connectivity index (χ2n) is 2.45. The van der Waals surface area contributed by atoms with Gasteiger partial charge in [-0.1, -0.05) is 0 Å². The highest BCUT2D eigenvalue weighted by Crippen LogP contribution is 2.25. The monoisotopic (exact) mass is 201 g/mol. The van der Waals surface area contributed by atoms with E-state index in [1.54, 1.807) is 0 Å². The number of carbonyl (C=O) groups is 1. The van der Waals surface area contributed by atoms with Gasteiger partial charge in [-0.25, -0.2) is 0 Å². The van der Waals surface area contributed by atoms with Crippen molar-refractivity contribution in [3.05, 3.63) is 0 Å². The zero-order valence-corrected chi connectivity index (χ0v) is 6.84. The lowest BCUT2D eigenvalue weighted by Crippen LogP contribution is -2.40. The first kappa shape index (κ1) is 12.2. The summed E-state index contributed by atoms with van der Waals surface area (Å²) >= 11 is 0. The molecule has 0 radical (unpaired) electrons. The summed E-state index contributed by atoms with van der Waals surface area (Å²) in [6.07, 6.45) is -7.49. The van der Waals surface area contributed by atoms with E-state index in [0.29, 0.717) is 0 Å². The molecule has 0 heterocycles. The Hall–Kier alpha value is -0.820. The number of aliphatic carboxylic acids is 1. The topological polar surface area (TPSA) is 72.5 Å². The minimum Gasteiger partial charge on any atom is -0.480 e. The van der Waals surface area contributed by atoms with Crippen LogP contribution >= 0.6 is 0 Å². The van der Waals surface area contributed by atoms with Crippen molar-refractivity contribution in [3.63, 3.8) is 0 Å². The fourth-order valence-corrected chi connectivity index (χ4v) is 0.695. The number of carboxylic acids is 1. The number of rotatable bonds is 4. The number of carboxylic acid groups (broad SMARTS) is 1. The van der Waals surface area contributed by atoms with Gasteiger partial charge in [0.05, 0.1) is 0 Å². The van der Waals surface area contributed by atoms with Crippen LogP contribution in [0.25, 0.3) is 0 Å². The van der Waals surface area contributed by atoms with Gasteiger partial charge >= 0.3 is 12.1 Å². The lowest BCUT2D eigenvalue weighted by Gasteiger charge is -2.19. The van der Waals surface area contributed by atoms with Crippen molar-refractivity contribution in [2.45, 2.75) is 24.7 Å². The molecule has 0 aliphatic rings. The average molecular weight is 201 g/mol. The van der Waals surface area contributed by atoms with Crippen molar-refractivity contribution in [3.8, 4) is 0 Å². The van der Waals surface area contributed by atoms with Crippen LogP contribution in [-0.2, 0) is 9.53 Å². The molecule has 2 atom stereocenters.